The topological polar surface area (TPSA) is 32.3 Å². The molecule has 0 amide bonds. The highest BCUT2D eigenvalue weighted by atomic mass is 35.5. The van der Waals surface area contributed by atoms with Gasteiger partial charge in [0.1, 0.15) is 5.82 Å². The highest BCUT2D eigenvalue weighted by Gasteiger charge is 2.31. The summed E-state index contributed by atoms with van der Waals surface area (Å²) in [7, 11) is 0. The molecular weight excluding hydrogens is 277 g/mol. The van der Waals surface area contributed by atoms with Gasteiger partial charge < -0.3 is 10.4 Å². The Bertz CT molecular complexity index is 444. The average Bonchev–Trinajstić information content (AvgIpc) is 2.44. The third-order valence-electron chi connectivity index (χ3n) is 4.38. The average molecular weight is 300 g/mol. The SMILES string of the molecule is CCC1CCC(O)(CNCc2ccc(Cl)c(F)c2)CC1. The predicted molar refractivity (Wildman–Crippen MR) is 80.3 cm³/mol. The van der Waals surface area contributed by atoms with Crippen molar-refractivity contribution in [2.24, 2.45) is 5.92 Å². The molecule has 0 heterocycles. The highest BCUT2D eigenvalue weighted by Crippen LogP contribution is 2.33. The molecule has 112 valence electrons. The first kappa shape index (κ1) is 15.7. The molecule has 1 saturated carbocycles. The number of hydrogen-bond acceptors (Lipinski definition) is 2. The number of hydrogen-bond donors (Lipinski definition) is 2. The molecule has 0 atom stereocenters. The third-order valence-corrected chi connectivity index (χ3v) is 4.69. The monoisotopic (exact) mass is 299 g/mol. The van der Waals surface area contributed by atoms with E-state index in [4.69, 9.17) is 11.6 Å². The Morgan fingerprint density at radius 3 is 2.70 bits per heavy atom. The van der Waals surface area contributed by atoms with Gasteiger partial charge in [0.25, 0.3) is 0 Å². The van der Waals surface area contributed by atoms with Crippen LogP contribution in [0.5, 0.6) is 0 Å². The van der Waals surface area contributed by atoms with E-state index in [0.717, 1.165) is 37.2 Å². The molecule has 0 saturated heterocycles. The molecule has 0 spiro atoms. The fourth-order valence-electron chi connectivity index (χ4n) is 2.89. The number of halogens is 2. The summed E-state index contributed by atoms with van der Waals surface area (Å²) in [6.45, 7) is 3.32. The quantitative estimate of drug-likeness (QED) is 0.864. The van der Waals surface area contributed by atoms with Crippen LogP contribution in [-0.4, -0.2) is 17.3 Å². The van der Waals surface area contributed by atoms with Gasteiger partial charge in [-0.3, -0.25) is 0 Å². The van der Waals surface area contributed by atoms with E-state index in [9.17, 15) is 9.50 Å². The molecule has 1 aliphatic carbocycles. The maximum Gasteiger partial charge on any atom is 0.142 e. The van der Waals surface area contributed by atoms with Crippen molar-refractivity contribution in [3.8, 4) is 0 Å². The maximum absolute atomic E-state index is 13.3. The smallest absolute Gasteiger partial charge is 0.142 e. The summed E-state index contributed by atoms with van der Waals surface area (Å²) in [4.78, 5) is 0. The molecule has 2 nitrogen and oxygen atoms in total. The van der Waals surface area contributed by atoms with E-state index >= 15 is 0 Å². The standard InChI is InChI=1S/C16H23ClFNO/c1-2-12-5-7-16(20,8-6-12)11-19-10-13-3-4-14(17)15(18)9-13/h3-4,9,12,19-20H,2,5-8,10-11H2,1H3. The highest BCUT2D eigenvalue weighted by molar-refractivity contribution is 6.30. The fourth-order valence-corrected chi connectivity index (χ4v) is 3.01. The van der Waals surface area contributed by atoms with Crippen LogP contribution in [0.4, 0.5) is 4.39 Å². The van der Waals surface area contributed by atoms with E-state index in [1.807, 2.05) is 0 Å². The van der Waals surface area contributed by atoms with Crippen LogP contribution in [0.15, 0.2) is 18.2 Å². The van der Waals surface area contributed by atoms with Crippen molar-refractivity contribution in [3.05, 3.63) is 34.6 Å². The largest absolute Gasteiger partial charge is 0.389 e. The van der Waals surface area contributed by atoms with Gasteiger partial charge >= 0.3 is 0 Å². The normalized spacial score (nSPS) is 26.7. The van der Waals surface area contributed by atoms with Gasteiger partial charge in [0.05, 0.1) is 10.6 Å². The molecule has 0 radical (unpaired) electrons. The molecule has 0 aliphatic heterocycles. The van der Waals surface area contributed by atoms with Crippen molar-refractivity contribution < 1.29 is 9.50 Å². The molecule has 20 heavy (non-hydrogen) atoms. The number of aliphatic hydroxyl groups is 1. The summed E-state index contributed by atoms with van der Waals surface area (Å²) in [5.41, 5.74) is 0.245. The first-order chi connectivity index (χ1) is 9.52. The molecule has 4 heteroatoms. The summed E-state index contributed by atoms with van der Waals surface area (Å²) in [5.74, 6) is 0.369. The minimum atomic E-state index is -0.601. The Balaban J connectivity index is 1.79. The van der Waals surface area contributed by atoms with Crippen LogP contribution in [0.3, 0.4) is 0 Å². The van der Waals surface area contributed by atoms with Crippen LogP contribution >= 0.6 is 11.6 Å². The van der Waals surface area contributed by atoms with Crippen molar-refractivity contribution >= 4 is 11.6 Å². The summed E-state index contributed by atoms with van der Waals surface area (Å²) < 4.78 is 13.3. The zero-order chi connectivity index (χ0) is 14.6. The Morgan fingerprint density at radius 2 is 2.10 bits per heavy atom. The van der Waals surface area contributed by atoms with E-state index < -0.39 is 11.4 Å². The summed E-state index contributed by atoms with van der Waals surface area (Å²) in [6, 6.07) is 4.80. The first-order valence-corrected chi connectivity index (χ1v) is 7.77. The second-order valence-electron chi connectivity index (χ2n) is 5.93. The van der Waals surface area contributed by atoms with Gasteiger partial charge in [0, 0.05) is 13.1 Å². The molecule has 1 aliphatic rings. The minimum absolute atomic E-state index is 0.144. The second kappa shape index (κ2) is 6.88. The number of benzene rings is 1. The Kier molecular flexibility index (Phi) is 5.42. The number of rotatable bonds is 5. The molecule has 1 aromatic rings. The van der Waals surface area contributed by atoms with E-state index in [1.54, 1.807) is 12.1 Å². The van der Waals surface area contributed by atoms with Gasteiger partial charge in [-0.05, 0) is 49.3 Å². The van der Waals surface area contributed by atoms with Crippen LogP contribution in [0.1, 0.15) is 44.6 Å². The van der Waals surface area contributed by atoms with Crippen LogP contribution in [0.25, 0.3) is 0 Å². The van der Waals surface area contributed by atoms with Crippen molar-refractivity contribution in [2.75, 3.05) is 6.54 Å². The lowest BCUT2D eigenvalue weighted by Crippen LogP contribution is -2.43. The lowest BCUT2D eigenvalue weighted by Gasteiger charge is -2.36. The first-order valence-electron chi connectivity index (χ1n) is 7.39. The van der Waals surface area contributed by atoms with Gasteiger partial charge in [-0.1, -0.05) is 31.0 Å². The van der Waals surface area contributed by atoms with Gasteiger partial charge in [0.2, 0.25) is 0 Å². The van der Waals surface area contributed by atoms with Crippen molar-refractivity contribution in [1.29, 1.82) is 0 Å². The summed E-state index contributed by atoms with van der Waals surface area (Å²) in [6.07, 6.45) is 5.11. The van der Waals surface area contributed by atoms with E-state index in [0.29, 0.717) is 13.1 Å². The van der Waals surface area contributed by atoms with Gasteiger partial charge in [-0.2, -0.15) is 0 Å². The Hall–Kier alpha value is -0.640. The minimum Gasteiger partial charge on any atom is -0.389 e. The zero-order valence-electron chi connectivity index (χ0n) is 12.0. The van der Waals surface area contributed by atoms with Crippen LogP contribution in [0.2, 0.25) is 5.02 Å². The Morgan fingerprint density at radius 1 is 1.40 bits per heavy atom. The summed E-state index contributed by atoms with van der Waals surface area (Å²) in [5, 5.41) is 13.9. The van der Waals surface area contributed by atoms with Crippen LogP contribution in [-0.2, 0) is 6.54 Å². The lowest BCUT2D eigenvalue weighted by atomic mass is 9.78. The third kappa shape index (κ3) is 4.18. The van der Waals surface area contributed by atoms with Gasteiger partial charge in [-0.15, -0.1) is 0 Å². The fraction of sp³-hybridized carbons (Fsp3) is 0.625. The molecule has 1 fully saturated rings. The van der Waals surface area contributed by atoms with Gasteiger partial charge in [-0.25, -0.2) is 4.39 Å². The molecular formula is C16H23ClFNO. The lowest BCUT2D eigenvalue weighted by molar-refractivity contribution is -0.00881. The van der Waals surface area contributed by atoms with Crippen molar-refractivity contribution in [2.45, 2.75) is 51.2 Å². The van der Waals surface area contributed by atoms with E-state index in [2.05, 4.69) is 12.2 Å². The molecule has 0 unspecified atom stereocenters. The van der Waals surface area contributed by atoms with Crippen LogP contribution < -0.4 is 5.32 Å². The second-order valence-corrected chi connectivity index (χ2v) is 6.34. The van der Waals surface area contributed by atoms with Crippen LogP contribution in [0, 0.1) is 11.7 Å². The van der Waals surface area contributed by atoms with Crippen molar-refractivity contribution in [3.63, 3.8) is 0 Å². The maximum atomic E-state index is 13.3. The predicted octanol–water partition coefficient (Wildman–Crippen LogP) is 3.90. The van der Waals surface area contributed by atoms with Gasteiger partial charge in [0.15, 0.2) is 0 Å². The van der Waals surface area contributed by atoms with E-state index in [1.165, 1.54) is 12.5 Å². The molecule has 0 aromatic heterocycles. The summed E-state index contributed by atoms with van der Waals surface area (Å²) >= 11 is 5.65. The number of nitrogens with one attached hydrogen (secondary N) is 1. The Labute approximate surface area is 125 Å². The molecule has 2 rings (SSSR count). The van der Waals surface area contributed by atoms with E-state index in [-0.39, 0.29) is 5.02 Å². The molecule has 2 N–H and O–H groups in total. The molecule has 1 aromatic carbocycles. The van der Waals surface area contributed by atoms with Crippen molar-refractivity contribution in [1.82, 2.24) is 5.32 Å². The zero-order valence-corrected chi connectivity index (χ0v) is 12.7. The molecule has 0 bridgehead atoms.